The van der Waals surface area contributed by atoms with Crippen LogP contribution in [0.3, 0.4) is 0 Å². The molecule has 0 unspecified atom stereocenters. The first-order valence-corrected chi connectivity index (χ1v) is 9.47. The summed E-state index contributed by atoms with van der Waals surface area (Å²) in [5.74, 6) is -0.0778. The summed E-state index contributed by atoms with van der Waals surface area (Å²) in [5, 5.41) is 7.87. The van der Waals surface area contributed by atoms with Gasteiger partial charge in [-0.05, 0) is 35.6 Å². The van der Waals surface area contributed by atoms with E-state index in [4.69, 9.17) is 5.73 Å². The van der Waals surface area contributed by atoms with Crippen molar-refractivity contribution >= 4 is 53.1 Å². The zero-order chi connectivity index (χ0) is 19.6. The fourth-order valence-electron chi connectivity index (χ4n) is 2.45. The second-order valence-corrected chi connectivity index (χ2v) is 7.03. The van der Waals surface area contributed by atoms with Crippen LogP contribution >= 0.6 is 35.3 Å². The molecule has 0 radical (unpaired) electrons. The molecule has 0 aliphatic carbocycles. The molecule has 0 bridgehead atoms. The predicted octanol–water partition coefficient (Wildman–Crippen LogP) is 1.83. The van der Waals surface area contributed by atoms with Crippen LogP contribution in [0.2, 0.25) is 0 Å². The quantitative estimate of drug-likeness (QED) is 0.284. The minimum absolute atomic E-state index is 0. The Hall–Kier alpha value is -2.14. The highest BCUT2D eigenvalue weighted by Gasteiger charge is 2.08. The van der Waals surface area contributed by atoms with Crippen molar-refractivity contribution < 1.29 is 9.59 Å². The van der Waals surface area contributed by atoms with E-state index in [-0.39, 0.29) is 36.4 Å². The minimum atomic E-state index is -0.571. The third kappa shape index (κ3) is 7.85. The lowest BCUT2D eigenvalue weighted by atomic mass is 10.1. The first-order chi connectivity index (χ1) is 13.0. The van der Waals surface area contributed by atoms with E-state index >= 15 is 0 Å². The Morgan fingerprint density at radius 3 is 2.46 bits per heavy atom. The maximum atomic E-state index is 11.9. The molecule has 152 valence electrons. The minimum Gasteiger partial charge on any atom is -0.368 e. The highest BCUT2D eigenvalue weighted by molar-refractivity contribution is 14.0. The molecule has 0 aliphatic rings. The molecule has 0 fully saturated rings. The van der Waals surface area contributed by atoms with Gasteiger partial charge in [0, 0.05) is 37.6 Å². The summed E-state index contributed by atoms with van der Waals surface area (Å²) in [4.78, 5) is 30.3. The summed E-state index contributed by atoms with van der Waals surface area (Å²) < 4.78 is 0. The normalized spacial score (nSPS) is 10.7. The Balaban J connectivity index is 0.00000392. The van der Waals surface area contributed by atoms with Crippen molar-refractivity contribution in [3.8, 4) is 0 Å². The van der Waals surface area contributed by atoms with Gasteiger partial charge in [-0.3, -0.25) is 14.6 Å². The third-order valence-corrected chi connectivity index (χ3v) is 4.87. The molecular formula is C19H26IN5O2S. The number of hydrogen-bond donors (Lipinski definition) is 3. The molecule has 0 saturated carbocycles. The number of likely N-dealkylation sites (N-methyl/N-ethyl adjacent to an activating group) is 1. The number of nitrogens with zero attached hydrogens (tertiary/aromatic N) is 2. The monoisotopic (exact) mass is 515 g/mol. The van der Waals surface area contributed by atoms with Gasteiger partial charge in [0.25, 0.3) is 5.91 Å². The first kappa shape index (κ1) is 23.9. The molecule has 0 spiro atoms. The average molecular weight is 515 g/mol. The fourth-order valence-corrected chi connectivity index (χ4v) is 3.15. The molecule has 0 atom stereocenters. The lowest BCUT2D eigenvalue weighted by molar-refractivity contribution is -0.117. The van der Waals surface area contributed by atoms with E-state index in [2.05, 4.69) is 38.0 Å². The van der Waals surface area contributed by atoms with Gasteiger partial charge >= 0.3 is 0 Å². The lowest BCUT2D eigenvalue weighted by Crippen LogP contribution is -2.39. The van der Waals surface area contributed by atoms with Gasteiger partial charge < -0.3 is 21.3 Å². The van der Waals surface area contributed by atoms with E-state index in [1.54, 1.807) is 30.5 Å². The van der Waals surface area contributed by atoms with Gasteiger partial charge in [0.1, 0.15) is 0 Å². The largest absolute Gasteiger partial charge is 0.368 e. The molecule has 28 heavy (non-hydrogen) atoms. The van der Waals surface area contributed by atoms with E-state index in [0.717, 1.165) is 24.5 Å². The third-order valence-electron chi connectivity index (χ3n) is 3.94. The van der Waals surface area contributed by atoms with Crippen molar-refractivity contribution in [3.05, 3.63) is 57.8 Å². The molecule has 1 heterocycles. The summed E-state index contributed by atoms with van der Waals surface area (Å²) in [5.41, 5.74) is 6.53. The molecule has 9 heteroatoms. The van der Waals surface area contributed by atoms with Gasteiger partial charge in [0.15, 0.2) is 5.96 Å². The van der Waals surface area contributed by atoms with Crippen LogP contribution < -0.4 is 16.4 Å². The molecule has 1 aromatic heterocycles. The van der Waals surface area contributed by atoms with Crippen molar-refractivity contribution in [3.63, 3.8) is 0 Å². The van der Waals surface area contributed by atoms with Crippen LogP contribution in [0.5, 0.6) is 0 Å². The molecule has 4 N–H and O–H groups in total. The number of nitrogens with two attached hydrogens (primary N) is 1. The highest BCUT2D eigenvalue weighted by atomic mass is 127. The average Bonchev–Trinajstić information content (AvgIpc) is 3.19. The second-order valence-electron chi connectivity index (χ2n) is 6.00. The molecule has 1 aromatic carbocycles. The number of thiophene rings is 1. The Kier molecular flexibility index (Phi) is 10.5. The number of benzene rings is 1. The van der Waals surface area contributed by atoms with E-state index in [1.165, 1.54) is 4.88 Å². The molecule has 2 amide bonds. The number of halogens is 1. The van der Waals surface area contributed by atoms with Gasteiger partial charge in [-0.1, -0.05) is 18.2 Å². The van der Waals surface area contributed by atoms with Crippen molar-refractivity contribution in [2.75, 3.05) is 27.2 Å². The van der Waals surface area contributed by atoms with Crippen LogP contribution in [-0.2, 0) is 17.8 Å². The molecule has 0 saturated heterocycles. The molecule has 2 rings (SSSR count). The predicted molar refractivity (Wildman–Crippen MR) is 124 cm³/mol. The van der Waals surface area contributed by atoms with Gasteiger partial charge in [-0.15, -0.1) is 35.3 Å². The standard InChI is InChI=1S/C19H25N5O2S.HI/c1-21-19(24(2)10-9-16-4-3-11-27-16)23-12-14-5-7-15(8-6-14)18(26)22-13-17(20)25;/h3-8,11H,9-10,12-13H2,1-2H3,(H2,20,25)(H,21,23)(H,22,26);1H. The number of rotatable bonds is 8. The molecule has 0 aliphatic heterocycles. The number of carbonyl (C=O) groups is 2. The van der Waals surface area contributed by atoms with Crippen LogP contribution in [0, 0.1) is 0 Å². The van der Waals surface area contributed by atoms with Gasteiger partial charge in [-0.25, -0.2) is 0 Å². The van der Waals surface area contributed by atoms with Crippen molar-refractivity contribution in [2.24, 2.45) is 10.7 Å². The van der Waals surface area contributed by atoms with Gasteiger partial charge in [0.2, 0.25) is 5.91 Å². The smallest absolute Gasteiger partial charge is 0.251 e. The van der Waals surface area contributed by atoms with Crippen LogP contribution in [0.4, 0.5) is 0 Å². The van der Waals surface area contributed by atoms with Crippen LogP contribution in [0.15, 0.2) is 46.8 Å². The highest BCUT2D eigenvalue weighted by Crippen LogP contribution is 2.09. The maximum absolute atomic E-state index is 11.9. The van der Waals surface area contributed by atoms with Crippen molar-refractivity contribution in [1.29, 1.82) is 0 Å². The number of carbonyl (C=O) groups excluding carboxylic acids is 2. The topological polar surface area (TPSA) is 99.8 Å². The van der Waals surface area contributed by atoms with Crippen molar-refractivity contribution in [1.82, 2.24) is 15.5 Å². The summed E-state index contributed by atoms with van der Waals surface area (Å²) in [7, 11) is 3.77. The Bertz CT molecular complexity index is 778. The number of guanidine groups is 1. The van der Waals surface area contributed by atoms with Gasteiger partial charge in [-0.2, -0.15) is 0 Å². The van der Waals surface area contributed by atoms with E-state index in [1.807, 2.05) is 19.2 Å². The maximum Gasteiger partial charge on any atom is 0.251 e. The molecule has 7 nitrogen and oxygen atoms in total. The Labute approximate surface area is 186 Å². The summed E-state index contributed by atoms with van der Waals surface area (Å²) in [6.07, 6.45) is 0.976. The lowest BCUT2D eigenvalue weighted by Gasteiger charge is -2.22. The summed E-state index contributed by atoms with van der Waals surface area (Å²) in [6, 6.07) is 11.4. The summed E-state index contributed by atoms with van der Waals surface area (Å²) in [6.45, 7) is 1.30. The zero-order valence-corrected chi connectivity index (χ0v) is 19.1. The summed E-state index contributed by atoms with van der Waals surface area (Å²) >= 11 is 1.76. The number of hydrogen-bond acceptors (Lipinski definition) is 4. The second kappa shape index (κ2) is 12.3. The Morgan fingerprint density at radius 1 is 1.18 bits per heavy atom. The number of amides is 2. The first-order valence-electron chi connectivity index (χ1n) is 8.59. The molecule has 2 aromatic rings. The zero-order valence-electron chi connectivity index (χ0n) is 16.0. The van der Waals surface area contributed by atoms with Crippen LogP contribution in [0.1, 0.15) is 20.8 Å². The Morgan fingerprint density at radius 2 is 1.89 bits per heavy atom. The van der Waals surface area contributed by atoms with Crippen LogP contribution in [-0.4, -0.2) is 49.9 Å². The van der Waals surface area contributed by atoms with E-state index in [0.29, 0.717) is 12.1 Å². The number of primary amides is 1. The fraction of sp³-hybridized carbons (Fsp3) is 0.316. The van der Waals surface area contributed by atoms with E-state index in [9.17, 15) is 9.59 Å². The van der Waals surface area contributed by atoms with Gasteiger partial charge in [0.05, 0.1) is 6.54 Å². The molecular weight excluding hydrogens is 489 g/mol. The van der Waals surface area contributed by atoms with Crippen molar-refractivity contribution in [2.45, 2.75) is 13.0 Å². The van der Waals surface area contributed by atoms with Crippen LogP contribution in [0.25, 0.3) is 0 Å². The SMILES string of the molecule is CN=C(NCc1ccc(C(=O)NCC(N)=O)cc1)N(C)CCc1cccs1.I. The number of aliphatic imine (C=N–C) groups is 1. The number of nitrogens with one attached hydrogen (secondary N) is 2. The van der Waals surface area contributed by atoms with E-state index < -0.39 is 5.91 Å².